The molecular formula is C22H28BrNO6. The molecule has 0 aliphatic carbocycles. The number of aliphatic hydroxyl groups excluding tert-OH is 1. The highest BCUT2D eigenvalue weighted by atomic mass is 79.9. The van der Waals surface area contributed by atoms with Crippen LogP contribution in [-0.2, 0) is 11.2 Å². The number of carbonyl (C=O) groups excluding carboxylic acids is 1. The van der Waals surface area contributed by atoms with Gasteiger partial charge >= 0.3 is 0 Å². The van der Waals surface area contributed by atoms with E-state index >= 15 is 0 Å². The molecule has 2 N–H and O–H groups in total. The predicted molar refractivity (Wildman–Crippen MR) is 118 cm³/mol. The molecule has 0 saturated heterocycles. The highest BCUT2D eigenvalue weighted by Gasteiger charge is 2.17. The molecule has 30 heavy (non-hydrogen) atoms. The van der Waals surface area contributed by atoms with Crippen molar-refractivity contribution in [1.82, 2.24) is 5.32 Å². The van der Waals surface area contributed by atoms with Gasteiger partial charge in [0.1, 0.15) is 11.5 Å². The zero-order chi connectivity index (χ0) is 22.1. The van der Waals surface area contributed by atoms with E-state index in [9.17, 15) is 9.90 Å². The molecular weight excluding hydrogens is 454 g/mol. The Morgan fingerprint density at radius 2 is 1.70 bits per heavy atom. The molecule has 1 amide bonds. The molecule has 8 heteroatoms. The van der Waals surface area contributed by atoms with Crippen LogP contribution in [0.2, 0.25) is 0 Å². The first-order valence-corrected chi connectivity index (χ1v) is 10.5. The summed E-state index contributed by atoms with van der Waals surface area (Å²) in [6.45, 7) is 4.82. The van der Waals surface area contributed by atoms with Gasteiger partial charge in [-0.15, -0.1) is 0 Å². The summed E-state index contributed by atoms with van der Waals surface area (Å²) < 4.78 is 22.5. The minimum absolute atomic E-state index is 0.0370. The van der Waals surface area contributed by atoms with E-state index in [1.54, 1.807) is 37.4 Å². The molecule has 1 unspecified atom stereocenters. The lowest BCUT2D eigenvalue weighted by molar-refractivity contribution is -0.120. The van der Waals surface area contributed by atoms with Gasteiger partial charge in [-0.1, -0.05) is 15.9 Å². The Bertz CT molecular complexity index is 858. The van der Waals surface area contributed by atoms with Gasteiger partial charge in [0.05, 0.1) is 40.0 Å². The molecule has 164 valence electrons. The van der Waals surface area contributed by atoms with Crippen LogP contribution in [-0.4, -0.2) is 45.0 Å². The van der Waals surface area contributed by atoms with Crippen LogP contribution in [0.5, 0.6) is 23.0 Å². The van der Waals surface area contributed by atoms with E-state index in [1.807, 2.05) is 13.8 Å². The summed E-state index contributed by atoms with van der Waals surface area (Å²) in [5, 5.41) is 13.3. The van der Waals surface area contributed by atoms with Crippen molar-refractivity contribution in [3.8, 4) is 23.0 Å². The molecule has 0 bridgehead atoms. The minimum Gasteiger partial charge on any atom is -0.497 e. The molecule has 0 saturated carbocycles. The number of carbonyl (C=O) groups is 1. The largest absolute Gasteiger partial charge is 0.497 e. The molecule has 0 heterocycles. The maximum atomic E-state index is 12.5. The highest BCUT2D eigenvalue weighted by Crippen LogP contribution is 2.34. The lowest BCUT2D eigenvalue weighted by Crippen LogP contribution is -2.30. The van der Waals surface area contributed by atoms with Gasteiger partial charge in [-0.05, 0) is 49.7 Å². The fourth-order valence-corrected chi connectivity index (χ4v) is 3.37. The Morgan fingerprint density at radius 3 is 2.30 bits per heavy atom. The molecule has 0 aliphatic rings. The van der Waals surface area contributed by atoms with Crippen LogP contribution in [0.4, 0.5) is 0 Å². The molecule has 0 aromatic heterocycles. The Hall–Kier alpha value is -2.45. The average Bonchev–Trinajstić information content (AvgIpc) is 2.74. The Labute approximate surface area is 185 Å². The molecule has 0 aliphatic heterocycles. The summed E-state index contributed by atoms with van der Waals surface area (Å²) in [6.07, 6.45) is -0.823. The number of halogens is 1. The van der Waals surface area contributed by atoms with Crippen molar-refractivity contribution in [3.05, 3.63) is 45.9 Å². The quantitative estimate of drug-likeness (QED) is 0.509. The zero-order valence-electron chi connectivity index (χ0n) is 17.7. The standard InChI is InChI=1S/C22H28BrNO6/c1-5-29-20-9-14(17(23)12-21(20)30-6-2)10-22(26)24-13-18(25)16-11-15(27-3)7-8-19(16)28-4/h7-9,11-12,18,25H,5-6,10,13H2,1-4H3,(H,24,26). The average molecular weight is 482 g/mol. The fraction of sp³-hybridized carbons (Fsp3) is 0.409. The van der Waals surface area contributed by atoms with Crippen LogP contribution in [0.25, 0.3) is 0 Å². The Balaban J connectivity index is 2.06. The summed E-state index contributed by atoms with van der Waals surface area (Å²) in [5.74, 6) is 2.09. The number of rotatable bonds is 11. The summed E-state index contributed by atoms with van der Waals surface area (Å²) in [4.78, 5) is 12.5. The van der Waals surface area contributed by atoms with E-state index in [0.717, 1.165) is 10.0 Å². The van der Waals surface area contributed by atoms with Crippen molar-refractivity contribution in [3.63, 3.8) is 0 Å². The van der Waals surface area contributed by atoms with E-state index < -0.39 is 6.10 Å². The fourth-order valence-electron chi connectivity index (χ4n) is 2.91. The third-order valence-corrected chi connectivity index (χ3v) is 5.09. The molecule has 1 atom stereocenters. The predicted octanol–water partition coefficient (Wildman–Crippen LogP) is 3.66. The third-order valence-electron chi connectivity index (χ3n) is 4.35. The van der Waals surface area contributed by atoms with Crippen molar-refractivity contribution in [2.45, 2.75) is 26.4 Å². The lowest BCUT2D eigenvalue weighted by atomic mass is 10.1. The molecule has 0 fully saturated rings. The first-order chi connectivity index (χ1) is 14.4. The van der Waals surface area contributed by atoms with Gasteiger partial charge in [-0.3, -0.25) is 4.79 Å². The zero-order valence-corrected chi connectivity index (χ0v) is 19.2. The van der Waals surface area contributed by atoms with Gasteiger partial charge in [0.15, 0.2) is 11.5 Å². The van der Waals surface area contributed by atoms with Gasteiger partial charge in [-0.25, -0.2) is 0 Å². The molecule has 2 aromatic rings. The summed E-state index contributed by atoms with van der Waals surface area (Å²) in [7, 11) is 3.07. The number of ether oxygens (including phenoxy) is 4. The molecule has 2 rings (SSSR count). The number of hydrogen-bond acceptors (Lipinski definition) is 6. The second-order valence-corrected chi connectivity index (χ2v) is 7.22. The van der Waals surface area contributed by atoms with E-state index in [0.29, 0.717) is 41.8 Å². The van der Waals surface area contributed by atoms with Gasteiger partial charge in [0.2, 0.25) is 5.91 Å². The van der Waals surface area contributed by atoms with E-state index in [2.05, 4.69) is 21.2 Å². The molecule has 0 spiro atoms. The van der Waals surface area contributed by atoms with Crippen molar-refractivity contribution >= 4 is 21.8 Å². The van der Waals surface area contributed by atoms with E-state index in [4.69, 9.17) is 18.9 Å². The van der Waals surface area contributed by atoms with Crippen LogP contribution in [0, 0.1) is 0 Å². The van der Waals surface area contributed by atoms with E-state index in [-0.39, 0.29) is 18.9 Å². The highest BCUT2D eigenvalue weighted by molar-refractivity contribution is 9.10. The Kier molecular flexibility index (Phi) is 9.26. The van der Waals surface area contributed by atoms with Gasteiger partial charge in [-0.2, -0.15) is 0 Å². The molecule has 2 aromatic carbocycles. The first kappa shape index (κ1) is 23.8. The van der Waals surface area contributed by atoms with Crippen molar-refractivity contribution < 1.29 is 28.8 Å². The van der Waals surface area contributed by atoms with E-state index in [1.165, 1.54) is 7.11 Å². The van der Waals surface area contributed by atoms with Crippen molar-refractivity contribution in [2.24, 2.45) is 0 Å². The second kappa shape index (κ2) is 11.7. The second-order valence-electron chi connectivity index (χ2n) is 6.36. The van der Waals surface area contributed by atoms with Crippen LogP contribution < -0.4 is 24.3 Å². The number of aliphatic hydroxyl groups is 1. The maximum absolute atomic E-state index is 12.5. The third kappa shape index (κ3) is 6.27. The SMILES string of the molecule is CCOc1cc(Br)c(CC(=O)NCC(O)c2cc(OC)ccc2OC)cc1OCC. The van der Waals surface area contributed by atoms with Crippen molar-refractivity contribution in [1.29, 1.82) is 0 Å². The summed E-state index contributed by atoms with van der Waals surface area (Å²) in [6, 6.07) is 8.73. The smallest absolute Gasteiger partial charge is 0.224 e. The van der Waals surface area contributed by atoms with Gasteiger partial charge in [0.25, 0.3) is 0 Å². The maximum Gasteiger partial charge on any atom is 0.224 e. The van der Waals surface area contributed by atoms with Crippen LogP contribution in [0.3, 0.4) is 0 Å². The minimum atomic E-state index is -0.943. The topological polar surface area (TPSA) is 86.3 Å². The number of nitrogens with one attached hydrogen (secondary N) is 1. The van der Waals surface area contributed by atoms with Crippen molar-refractivity contribution in [2.75, 3.05) is 34.0 Å². The number of benzene rings is 2. The summed E-state index contributed by atoms with van der Waals surface area (Å²) in [5.41, 5.74) is 1.30. The number of amides is 1. The van der Waals surface area contributed by atoms with Crippen LogP contribution in [0.1, 0.15) is 31.1 Å². The van der Waals surface area contributed by atoms with Crippen LogP contribution in [0.15, 0.2) is 34.8 Å². The lowest BCUT2D eigenvalue weighted by Gasteiger charge is -2.17. The normalized spacial score (nSPS) is 11.5. The van der Waals surface area contributed by atoms with Crippen LogP contribution >= 0.6 is 15.9 Å². The monoisotopic (exact) mass is 481 g/mol. The Morgan fingerprint density at radius 1 is 1.03 bits per heavy atom. The van der Waals surface area contributed by atoms with Gasteiger partial charge in [0, 0.05) is 16.6 Å². The molecule has 0 radical (unpaired) electrons. The summed E-state index contributed by atoms with van der Waals surface area (Å²) >= 11 is 3.49. The van der Waals surface area contributed by atoms with Gasteiger partial charge < -0.3 is 29.4 Å². The first-order valence-electron chi connectivity index (χ1n) is 9.68. The number of hydrogen-bond donors (Lipinski definition) is 2. The molecule has 7 nitrogen and oxygen atoms in total. The number of methoxy groups -OCH3 is 2.